The van der Waals surface area contributed by atoms with Gasteiger partial charge < -0.3 is 9.64 Å². The summed E-state index contributed by atoms with van der Waals surface area (Å²) in [6.45, 7) is 4.29. The fraction of sp³-hybridized carbons (Fsp3) is 0.333. The van der Waals surface area contributed by atoms with Gasteiger partial charge in [0.1, 0.15) is 12.4 Å². The van der Waals surface area contributed by atoms with Crippen molar-refractivity contribution in [3.8, 4) is 5.75 Å². The number of likely N-dealkylation sites (tertiary alicyclic amines) is 1. The number of nitrogens with zero attached hydrogens (tertiary/aromatic N) is 1. The molecule has 0 aromatic heterocycles. The van der Waals surface area contributed by atoms with E-state index in [2.05, 4.69) is 63.3 Å². The summed E-state index contributed by atoms with van der Waals surface area (Å²) in [5, 5.41) is 0. The molecule has 1 fully saturated rings. The SMILES string of the molecule is Brc1ccc2c(c1)/C(=C/CCN1CCCC1)c1ccccc1OC2. The highest BCUT2D eigenvalue weighted by atomic mass is 79.9. The van der Waals surface area contributed by atoms with E-state index in [0.29, 0.717) is 6.61 Å². The lowest BCUT2D eigenvalue weighted by Gasteiger charge is -2.14. The minimum absolute atomic E-state index is 0.628. The van der Waals surface area contributed by atoms with Crippen LogP contribution < -0.4 is 4.74 Å². The molecule has 2 aliphatic heterocycles. The smallest absolute Gasteiger partial charge is 0.127 e. The second-order valence-corrected chi connectivity index (χ2v) is 7.46. The van der Waals surface area contributed by atoms with E-state index in [1.54, 1.807) is 0 Å². The Bertz CT molecular complexity index is 762. The molecular weight excluding hydrogens is 362 g/mol. The third kappa shape index (κ3) is 3.28. The molecule has 0 bridgehead atoms. The van der Waals surface area contributed by atoms with E-state index in [0.717, 1.165) is 23.2 Å². The lowest BCUT2D eigenvalue weighted by molar-refractivity contribution is 0.307. The van der Waals surface area contributed by atoms with Gasteiger partial charge in [0.05, 0.1) is 0 Å². The predicted molar refractivity (Wildman–Crippen MR) is 102 cm³/mol. The van der Waals surface area contributed by atoms with Gasteiger partial charge in [-0.2, -0.15) is 0 Å². The van der Waals surface area contributed by atoms with Gasteiger partial charge in [0.15, 0.2) is 0 Å². The first-order valence-electron chi connectivity index (χ1n) is 8.75. The van der Waals surface area contributed by atoms with Gasteiger partial charge in [-0.3, -0.25) is 0 Å². The molecule has 2 aromatic carbocycles. The molecule has 124 valence electrons. The van der Waals surface area contributed by atoms with Crippen molar-refractivity contribution in [1.82, 2.24) is 4.90 Å². The molecule has 0 radical (unpaired) electrons. The molecule has 4 rings (SSSR count). The van der Waals surface area contributed by atoms with Crippen LogP contribution in [-0.4, -0.2) is 24.5 Å². The van der Waals surface area contributed by atoms with Crippen LogP contribution in [-0.2, 0) is 6.61 Å². The Morgan fingerprint density at radius 1 is 1.04 bits per heavy atom. The molecule has 0 N–H and O–H groups in total. The van der Waals surface area contributed by atoms with E-state index < -0.39 is 0 Å². The third-order valence-electron chi connectivity index (χ3n) is 4.91. The Hall–Kier alpha value is -1.58. The molecule has 0 spiro atoms. The van der Waals surface area contributed by atoms with E-state index in [4.69, 9.17) is 4.74 Å². The lowest BCUT2D eigenvalue weighted by atomic mass is 9.93. The van der Waals surface area contributed by atoms with Crippen LogP contribution in [0, 0.1) is 0 Å². The number of benzene rings is 2. The van der Waals surface area contributed by atoms with Gasteiger partial charge in [0, 0.05) is 16.6 Å². The number of hydrogen-bond acceptors (Lipinski definition) is 2. The molecule has 0 atom stereocenters. The maximum Gasteiger partial charge on any atom is 0.127 e. The molecule has 0 aliphatic carbocycles. The Balaban J connectivity index is 1.71. The topological polar surface area (TPSA) is 12.5 Å². The lowest BCUT2D eigenvalue weighted by Crippen LogP contribution is -2.19. The summed E-state index contributed by atoms with van der Waals surface area (Å²) in [7, 11) is 0. The number of rotatable bonds is 3. The molecule has 3 heteroatoms. The average molecular weight is 384 g/mol. The van der Waals surface area contributed by atoms with Gasteiger partial charge >= 0.3 is 0 Å². The third-order valence-corrected chi connectivity index (χ3v) is 5.41. The van der Waals surface area contributed by atoms with Crippen LogP contribution in [0.2, 0.25) is 0 Å². The van der Waals surface area contributed by atoms with Gasteiger partial charge in [0.2, 0.25) is 0 Å². The van der Waals surface area contributed by atoms with E-state index in [1.807, 2.05) is 6.07 Å². The van der Waals surface area contributed by atoms with Gasteiger partial charge in [-0.05, 0) is 67.3 Å². The molecule has 0 amide bonds. The van der Waals surface area contributed by atoms with Crippen molar-refractivity contribution >= 4 is 21.5 Å². The monoisotopic (exact) mass is 383 g/mol. The highest BCUT2D eigenvalue weighted by Gasteiger charge is 2.19. The first kappa shape index (κ1) is 15.9. The summed E-state index contributed by atoms with van der Waals surface area (Å²) in [5.41, 5.74) is 5.05. The minimum Gasteiger partial charge on any atom is -0.488 e. The first-order valence-corrected chi connectivity index (χ1v) is 9.54. The number of ether oxygens (including phenoxy) is 1. The first-order chi connectivity index (χ1) is 11.8. The van der Waals surface area contributed by atoms with Crippen LogP contribution in [0.4, 0.5) is 0 Å². The Kier molecular flexibility index (Phi) is 4.72. The summed E-state index contributed by atoms with van der Waals surface area (Å²) in [4.78, 5) is 2.57. The van der Waals surface area contributed by atoms with Gasteiger partial charge in [-0.1, -0.05) is 46.3 Å². The standard InChI is InChI=1S/C21H22BrNO/c22-17-10-9-16-15-24-21-8-2-1-6-19(21)18(20(16)14-17)7-5-13-23-11-3-4-12-23/h1-2,6-10,14H,3-5,11-13,15H2/b18-7+. The maximum absolute atomic E-state index is 6.06. The van der Waals surface area contributed by atoms with Crippen molar-refractivity contribution in [3.05, 3.63) is 69.7 Å². The minimum atomic E-state index is 0.628. The van der Waals surface area contributed by atoms with E-state index in [9.17, 15) is 0 Å². The Labute approximate surface area is 152 Å². The number of para-hydroxylation sites is 1. The van der Waals surface area contributed by atoms with E-state index in [1.165, 1.54) is 48.2 Å². The van der Waals surface area contributed by atoms with Gasteiger partial charge in [-0.15, -0.1) is 0 Å². The number of halogens is 1. The zero-order valence-electron chi connectivity index (χ0n) is 13.8. The van der Waals surface area contributed by atoms with Crippen molar-refractivity contribution < 1.29 is 4.74 Å². The molecule has 2 aromatic rings. The molecular formula is C21H22BrNO. The van der Waals surface area contributed by atoms with E-state index in [-0.39, 0.29) is 0 Å². The molecule has 2 nitrogen and oxygen atoms in total. The molecule has 0 unspecified atom stereocenters. The number of fused-ring (bicyclic) bond motifs is 2. The zero-order chi connectivity index (χ0) is 16.4. The average Bonchev–Trinajstić information content (AvgIpc) is 3.06. The Morgan fingerprint density at radius 3 is 2.75 bits per heavy atom. The largest absolute Gasteiger partial charge is 0.488 e. The summed E-state index contributed by atoms with van der Waals surface area (Å²) in [6.07, 6.45) is 6.18. The van der Waals surface area contributed by atoms with Crippen LogP contribution in [0.15, 0.2) is 53.0 Å². The molecule has 0 saturated carbocycles. The summed E-state index contributed by atoms with van der Waals surface area (Å²) in [6, 6.07) is 14.9. The van der Waals surface area contributed by atoms with Crippen LogP contribution in [0.3, 0.4) is 0 Å². The second-order valence-electron chi connectivity index (χ2n) is 6.54. The van der Waals surface area contributed by atoms with Crippen LogP contribution in [0.1, 0.15) is 36.0 Å². The highest BCUT2D eigenvalue weighted by Crippen LogP contribution is 2.37. The van der Waals surface area contributed by atoms with Crippen LogP contribution >= 0.6 is 15.9 Å². The van der Waals surface area contributed by atoms with Crippen molar-refractivity contribution in [2.75, 3.05) is 19.6 Å². The molecule has 2 heterocycles. The quantitative estimate of drug-likeness (QED) is 0.716. The van der Waals surface area contributed by atoms with Crippen molar-refractivity contribution in [2.45, 2.75) is 25.9 Å². The summed E-state index contributed by atoms with van der Waals surface area (Å²) >= 11 is 3.63. The van der Waals surface area contributed by atoms with Crippen molar-refractivity contribution in [2.24, 2.45) is 0 Å². The highest BCUT2D eigenvalue weighted by molar-refractivity contribution is 9.10. The van der Waals surface area contributed by atoms with Crippen LogP contribution in [0.25, 0.3) is 5.57 Å². The Morgan fingerprint density at radius 2 is 1.88 bits per heavy atom. The predicted octanol–water partition coefficient (Wildman–Crippen LogP) is 5.26. The van der Waals surface area contributed by atoms with E-state index >= 15 is 0 Å². The normalized spacial score (nSPS) is 18.8. The summed E-state index contributed by atoms with van der Waals surface area (Å²) < 4.78 is 7.17. The molecule has 24 heavy (non-hydrogen) atoms. The number of hydrogen-bond donors (Lipinski definition) is 0. The fourth-order valence-corrected chi connectivity index (χ4v) is 4.02. The van der Waals surface area contributed by atoms with Gasteiger partial charge in [0.25, 0.3) is 0 Å². The molecule has 1 saturated heterocycles. The van der Waals surface area contributed by atoms with Crippen molar-refractivity contribution in [3.63, 3.8) is 0 Å². The maximum atomic E-state index is 6.06. The van der Waals surface area contributed by atoms with Gasteiger partial charge in [-0.25, -0.2) is 0 Å². The van der Waals surface area contributed by atoms with Crippen LogP contribution in [0.5, 0.6) is 5.75 Å². The second kappa shape index (κ2) is 7.12. The molecule has 2 aliphatic rings. The fourth-order valence-electron chi connectivity index (χ4n) is 3.66. The zero-order valence-corrected chi connectivity index (χ0v) is 15.4. The van der Waals surface area contributed by atoms with Crippen molar-refractivity contribution in [1.29, 1.82) is 0 Å². The summed E-state index contributed by atoms with van der Waals surface area (Å²) in [5.74, 6) is 0.984.